The highest BCUT2D eigenvalue weighted by Crippen LogP contribution is 2.16. The van der Waals surface area contributed by atoms with Crippen molar-refractivity contribution in [1.29, 1.82) is 0 Å². The molecule has 16 heavy (non-hydrogen) atoms. The molecule has 0 aromatic heterocycles. The molecule has 0 fully saturated rings. The number of phenolic OH excluding ortho intramolecular Hbond substituents is 1. The minimum absolute atomic E-state index is 0.00350. The average Bonchev–Trinajstić information content (AvgIpc) is 2.28. The van der Waals surface area contributed by atoms with E-state index >= 15 is 0 Å². The molecule has 1 aromatic carbocycles. The Hall–Kier alpha value is -1.81. The molecule has 0 spiro atoms. The van der Waals surface area contributed by atoms with E-state index < -0.39 is 5.97 Å². The second-order valence-corrected chi connectivity index (χ2v) is 3.14. The maximum Gasteiger partial charge on any atom is 0.330 e. The number of aliphatic hydroxyl groups excluding tert-OH is 1. The topological polar surface area (TPSA) is 66.8 Å². The molecule has 0 bridgehead atoms. The highest BCUT2D eigenvalue weighted by atomic mass is 16.5. The summed E-state index contributed by atoms with van der Waals surface area (Å²) >= 11 is 0. The van der Waals surface area contributed by atoms with Crippen LogP contribution in [0.3, 0.4) is 0 Å². The van der Waals surface area contributed by atoms with Crippen LogP contribution in [-0.4, -0.2) is 29.4 Å². The fourth-order valence-corrected chi connectivity index (χ4v) is 1.07. The Morgan fingerprint density at radius 2 is 2.12 bits per heavy atom. The van der Waals surface area contributed by atoms with Crippen LogP contribution in [-0.2, 0) is 9.53 Å². The van der Waals surface area contributed by atoms with Crippen molar-refractivity contribution in [2.24, 2.45) is 0 Å². The van der Waals surface area contributed by atoms with Crippen molar-refractivity contribution in [3.05, 3.63) is 35.9 Å². The quantitative estimate of drug-likeness (QED) is 0.448. The number of hydrogen-bond donors (Lipinski definition) is 2. The van der Waals surface area contributed by atoms with Gasteiger partial charge in [0, 0.05) is 24.7 Å². The van der Waals surface area contributed by atoms with Gasteiger partial charge in [-0.3, -0.25) is 0 Å². The predicted octanol–water partition coefficient (Wildman–Crippen LogP) is 1.33. The lowest BCUT2D eigenvalue weighted by Crippen LogP contribution is -2.03. The summed E-state index contributed by atoms with van der Waals surface area (Å²) in [5.74, 6) is -0.376. The first-order valence-corrected chi connectivity index (χ1v) is 4.97. The summed E-state index contributed by atoms with van der Waals surface area (Å²) in [6.45, 7) is 0.191. The minimum atomic E-state index is -0.489. The van der Waals surface area contributed by atoms with Crippen LogP contribution in [0.25, 0.3) is 6.08 Å². The van der Waals surface area contributed by atoms with E-state index in [0.717, 1.165) is 0 Å². The number of hydrogen-bond acceptors (Lipinski definition) is 4. The van der Waals surface area contributed by atoms with Gasteiger partial charge in [-0.05, 0) is 12.1 Å². The molecule has 0 atom stereocenters. The maximum absolute atomic E-state index is 11.1. The highest BCUT2D eigenvalue weighted by molar-refractivity contribution is 5.87. The number of carbonyl (C=O) groups is 1. The van der Waals surface area contributed by atoms with Crippen LogP contribution in [0, 0.1) is 0 Å². The maximum atomic E-state index is 11.1. The van der Waals surface area contributed by atoms with Crippen LogP contribution in [0.2, 0.25) is 0 Å². The molecular formula is C12H14O4. The zero-order valence-electron chi connectivity index (χ0n) is 8.80. The molecule has 0 aliphatic carbocycles. The second-order valence-electron chi connectivity index (χ2n) is 3.14. The molecule has 2 N–H and O–H groups in total. The van der Waals surface area contributed by atoms with E-state index in [9.17, 15) is 9.90 Å². The molecule has 4 heteroatoms. The second kappa shape index (κ2) is 6.63. The van der Waals surface area contributed by atoms with Crippen LogP contribution in [0.4, 0.5) is 0 Å². The monoisotopic (exact) mass is 222 g/mol. The largest absolute Gasteiger partial charge is 0.507 e. The van der Waals surface area contributed by atoms with Crippen molar-refractivity contribution in [3.63, 3.8) is 0 Å². The van der Waals surface area contributed by atoms with E-state index in [1.54, 1.807) is 18.2 Å². The van der Waals surface area contributed by atoms with Gasteiger partial charge in [0.05, 0.1) is 6.61 Å². The molecule has 0 aliphatic heterocycles. The van der Waals surface area contributed by atoms with Crippen LogP contribution in [0.15, 0.2) is 30.3 Å². The predicted molar refractivity (Wildman–Crippen MR) is 59.8 cm³/mol. The smallest absolute Gasteiger partial charge is 0.330 e. The summed E-state index contributed by atoms with van der Waals surface area (Å²) in [5.41, 5.74) is 0.557. The van der Waals surface area contributed by atoms with Gasteiger partial charge in [-0.1, -0.05) is 18.2 Å². The van der Waals surface area contributed by atoms with E-state index in [1.165, 1.54) is 18.2 Å². The van der Waals surface area contributed by atoms with Crippen LogP contribution >= 0.6 is 0 Å². The molecule has 0 heterocycles. The van der Waals surface area contributed by atoms with Crippen molar-refractivity contribution >= 4 is 12.0 Å². The number of esters is 1. The summed E-state index contributed by atoms with van der Waals surface area (Å²) < 4.78 is 4.78. The molecule has 0 unspecified atom stereocenters. The first-order valence-electron chi connectivity index (χ1n) is 4.97. The van der Waals surface area contributed by atoms with Crippen LogP contribution in [0.5, 0.6) is 5.75 Å². The molecule has 0 aliphatic rings. The van der Waals surface area contributed by atoms with E-state index in [-0.39, 0.29) is 19.0 Å². The molecule has 0 saturated heterocycles. The molecular weight excluding hydrogens is 208 g/mol. The molecule has 4 nitrogen and oxygen atoms in total. The molecule has 0 radical (unpaired) electrons. The van der Waals surface area contributed by atoms with E-state index in [1.807, 2.05) is 0 Å². The first-order chi connectivity index (χ1) is 7.74. The van der Waals surface area contributed by atoms with Crippen LogP contribution in [0.1, 0.15) is 12.0 Å². The van der Waals surface area contributed by atoms with Gasteiger partial charge in [-0.2, -0.15) is 0 Å². The van der Waals surface area contributed by atoms with Crippen molar-refractivity contribution in [1.82, 2.24) is 0 Å². The number of benzene rings is 1. The van der Waals surface area contributed by atoms with Gasteiger partial charge >= 0.3 is 5.97 Å². The fraction of sp³-hybridized carbons (Fsp3) is 0.250. The Labute approximate surface area is 93.8 Å². The number of carbonyl (C=O) groups excluding carboxylic acids is 1. The summed E-state index contributed by atoms with van der Waals surface area (Å²) in [4.78, 5) is 11.1. The standard InChI is InChI=1S/C12H14O4/c13-8-3-9-16-12(15)7-6-10-4-1-2-5-11(10)14/h1-2,4-7,13-14H,3,8-9H2. The zero-order chi connectivity index (χ0) is 11.8. The Balaban J connectivity index is 2.47. The van der Waals surface area contributed by atoms with Crippen molar-refractivity contribution in [2.45, 2.75) is 6.42 Å². The van der Waals surface area contributed by atoms with Gasteiger partial charge < -0.3 is 14.9 Å². The molecule has 1 rings (SSSR count). The van der Waals surface area contributed by atoms with E-state index in [2.05, 4.69) is 0 Å². The number of ether oxygens (including phenoxy) is 1. The SMILES string of the molecule is O=C(C=Cc1ccccc1O)OCCCO. The molecule has 0 amide bonds. The Kier molecular flexibility index (Phi) is 5.08. The normalized spacial score (nSPS) is 10.6. The van der Waals surface area contributed by atoms with Crippen molar-refractivity contribution in [2.75, 3.05) is 13.2 Å². The van der Waals surface area contributed by atoms with Gasteiger partial charge in [-0.15, -0.1) is 0 Å². The third kappa shape index (κ3) is 4.14. The summed E-state index contributed by atoms with van der Waals surface area (Å²) in [6.07, 6.45) is 3.15. The van der Waals surface area contributed by atoms with Gasteiger partial charge in [0.15, 0.2) is 0 Å². The van der Waals surface area contributed by atoms with Gasteiger partial charge in [0.25, 0.3) is 0 Å². The Morgan fingerprint density at radius 3 is 2.81 bits per heavy atom. The van der Waals surface area contributed by atoms with E-state index in [0.29, 0.717) is 12.0 Å². The Bertz CT molecular complexity index is 371. The van der Waals surface area contributed by atoms with Crippen molar-refractivity contribution in [3.8, 4) is 5.75 Å². The summed E-state index contributed by atoms with van der Waals surface area (Å²) in [5, 5.41) is 17.9. The lowest BCUT2D eigenvalue weighted by molar-refractivity contribution is -0.137. The van der Waals surface area contributed by atoms with Crippen molar-refractivity contribution < 1.29 is 19.7 Å². The Morgan fingerprint density at radius 1 is 1.38 bits per heavy atom. The lowest BCUT2D eigenvalue weighted by atomic mass is 10.2. The lowest BCUT2D eigenvalue weighted by Gasteiger charge is -1.99. The first kappa shape index (κ1) is 12.3. The summed E-state index contributed by atoms with van der Waals surface area (Å²) in [7, 11) is 0. The van der Waals surface area contributed by atoms with Gasteiger partial charge in [0.1, 0.15) is 5.75 Å². The molecule has 0 saturated carbocycles. The van der Waals surface area contributed by atoms with Crippen LogP contribution < -0.4 is 0 Å². The third-order valence-corrected chi connectivity index (χ3v) is 1.88. The highest BCUT2D eigenvalue weighted by Gasteiger charge is 1.98. The third-order valence-electron chi connectivity index (χ3n) is 1.88. The van der Waals surface area contributed by atoms with E-state index in [4.69, 9.17) is 9.84 Å². The molecule has 86 valence electrons. The van der Waals surface area contributed by atoms with Gasteiger partial charge in [-0.25, -0.2) is 4.79 Å². The zero-order valence-corrected chi connectivity index (χ0v) is 8.80. The number of rotatable bonds is 5. The summed E-state index contributed by atoms with van der Waals surface area (Å²) in [6, 6.07) is 6.69. The fourth-order valence-electron chi connectivity index (χ4n) is 1.07. The molecule has 1 aromatic rings. The van der Waals surface area contributed by atoms with Gasteiger partial charge in [0.2, 0.25) is 0 Å². The number of phenols is 1. The number of aliphatic hydroxyl groups is 1. The number of para-hydroxylation sites is 1. The minimum Gasteiger partial charge on any atom is -0.507 e. The average molecular weight is 222 g/mol. The number of aromatic hydroxyl groups is 1.